The summed E-state index contributed by atoms with van der Waals surface area (Å²) in [6.45, 7) is 0. The van der Waals surface area contributed by atoms with Crippen molar-refractivity contribution in [2.24, 2.45) is 0 Å². The van der Waals surface area contributed by atoms with Crippen molar-refractivity contribution in [2.75, 3.05) is 4.90 Å². The van der Waals surface area contributed by atoms with E-state index in [1.54, 1.807) is 0 Å². The number of nitrogens with zero attached hydrogens (tertiary/aromatic N) is 2. The van der Waals surface area contributed by atoms with E-state index in [4.69, 9.17) is 9.68 Å². The molecule has 4 nitrogen and oxygen atoms in total. The van der Waals surface area contributed by atoms with Gasteiger partial charge in [0.1, 0.15) is 5.75 Å². The van der Waals surface area contributed by atoms with Crippen LogP contribution < -0.4 is 9.55 Å². The molecule has 0 aliphatic carbocycles. The average Bonchev–Trinajstić information content (AvgIpc) is 3.25. The first-order chi connectivity index (χ1) is 17.3. The molecule has 1 N–H and O–H groups in total. The molecule has 5 aromatic carbocycles. The van der Waals surface area contributed by atoms with Crippen molar-refractivity contribution in [1.29, 1.82) is 0 Å². The summed E-state index contributed by atoms with van der Waals surface area (Å²) in [5, 5.41) is 11.4. The van der Waals surface area contributed by atoms with E-state index in [0.717, 1.165) is 28.3 Å². The van der Waals surface area contributed by atoms with Crippen LogP contribution in [0.5, 0.6) is 5.75 Å². The van der Waals surface area contributed by atoms with Crippen LogP contribution in [0.3, 0.4) is 0 Å². The molecule has 0 aliphatic heterocycles. The predicted octanol–water partition coefficient (Wildman–Crippen LogP) is 7.16. The number of rotatable bonds is 6. The largest absolute Gasteiger partial charge is 0.569 e. The first kappa shape index (κ1) is 21.1. The molecule has 0 saturated carbocycles. The first-order valence-electron chi connectivity index (χ1n) is 11.5. The third-order valence-corrected chi connectivity index (χ3v) is 6.23. The van der Waals surface area contributed by atoms with Gasteiger partial charge in [-0.3, -0.25) is 0 Å². The highest BCUT2D eigenvalue weighted by Gasteiger charge is 2.17. The van der Waals surface area contributed by atoms with E-state index in [9.17, 15) is 0 Å². The van der Waals surface area contributed by atoms with Crippen LogP contribution in [0.15, 0.2) is 127 Å². The Kier molecular flexibility index (Phi) is 5.45. The molecule has 5 heteroatoms. The molecule has 35 heavy (non-hydrogen) atoms. The van der Waals surface area contributed by atoms with E-state index in [1.165, 1.54) is 16.3 Å². The highest BCUT2D eigenvalue weighted by Crippen LogP contribution is 2.39. The lowest BCUT2D eigenvalue weighted by molar-refractivity contribution is 0.454. The number of hydrogen-bond donors (Lipinski definition) is 1. The lowest BCUT2D eigenvalue weighted by Crippen LogP contribution is -2.10. The second-order valence-electron chi connectivity index (χ2n) is 8.28. The maximum Gasteiger partial charge on any atom is 0.569 e. The average molecular weight is 453 g/mol. The van der Waals surface area contributed by atoms with Crippen LogP contribution in [-0.4, -0.2) is 17.3 Å². The third-order valence-electron chi connectivity index (χ3n) is 6.23. The SMILES string of the molecule is O[B]Oc1ccc(N(c2ccccc2)c2ccc3c(c2)c2ccccc2n3-c2ccccc2)cc1. The van der Waals surface area contributed by atoms with Gasteiger partial charge in [-0.1, -0.05) is 54.6 Å². The molecule has 1 radical (unpaired) electrons. The molecule has 1 aromatic heterocycles. The van der Waals surface area contributed by atoms with Gasteiger partial charge in [-0.05, 0) is 72.8 Å². The Labute approximate surface area is 204 Å². The molecule has 0 fully saturated rings. The van der Waals surface area contributed by atoms with Gasteiger partial charge in [0.2, 0.25) is 0 Å². The highest BCUT2D eigenvalue weighted by atomic mass is 16.5. The Balaban J connectivity index is 1.56. The quantitative estimate of drug-likeness (QED) is 0.272. The van der Waals surface area contributed by atoms with Crippen LogP contribution in [0, 0.1) is 0 Å². The number of aromatic nitrogens is 1. The van der Waals surface area contributed by atoms with Gasteiger partial charge in [0, 0.05) is 33.5 Å². The number of benzene rings is 5. The molecule has 0 atom stereocenters. The standard InChI is InChI=1S/C30H22BN2O2/c34-31-35-26-18-15-24(16-19-26)32(22-9-3-1-4-10-22)25-17-20-30-28(21-25)27-13-7-8-14-29(27)33(30)23-11-5-2-6-12-23/h1-21,34H. The van der Waals surface area contributed by atoms with Crippen molar-refractivity contribution in [3.05, 3.63) is 127 Å². The summed E-state index contributed by atoms with van der Waals surface area (Å²) in [5.74, 6) is 0.575. The maximum absolute atomic E-state index is 8.97. The Morgan fingerprint density at radius 2 is 1.17 bits per heavy atom. The Morgan fingerprint density at radius 3 is 1.91 bits per heavy atom. The van der Waals surface area contributed by atoms with Crippen LogP contribution in [0.1, 0.15) is 0 Å². The van der Waals surface area contributed by atoms with Crippen molar-refractivity contribution in [2.45, 2.75) is 0 Å². The molecule has 1 heterocycles. The van der Waals surface area contributed by atoms with Gasteiger partial charge in [0.15, 0.2) is 0 Å². The van der Waals surface area contributed by atoms with Gasteiger partial charge in [-0.15, -0.1) is 0 Å². The topological polar surface area (TPSA) is 37.6 Å². The van der Waals surface area contributed by atoms with Crippen LogP contribution in [0.25, 0.3) is 27.5 Å². The molecule has 0 spiro atoms. The molecule has 6 rings (SSSR count). The molecule has 6 aromatic rings. The Bertz CT molecular complexity index is 1600. The highest BCUT2D eigenvalue weighted by molar-refractivity contribution is 6.17. The van der Waals surface area contributed by atoms with Gasteiger partial charge in [-0.25, -0.2) is 0 Å². The smallest absolute Gasteiger partial charge is 0.537 e. The monoisotopic (exact) mass is 453 g/mol. The van der Waals surface area contributed by atoms with Gasteiger partial charge >= 0.3 is 7.69 Å². The van der Waals surface area contributed by atoms with Crippen LogP contribution in [0.2, 0.25) is 0 Å². The van der Waals surface area contributed by atoms with E-state index in [2.05, 4.69) is 88.3 Å². The van der Waals surface area contributed by atoms with Gasteiger partial charge in [0.25, 0.3) is 0 Å². The predicted molar refractivity (Wildman–Crippen MR) is 144 cm³/mol. The molecule has 0 amide bonds. The maximum atomic E-state index is 8.97. The zero-order chi connectivity index (χ0) is 23.6. The summed E-state index contributed by atoms with van der Waals surface area (Å²) < 4.78 is 7.43. The molecule has 0 unspecified atom stereocenters. The molecular weight excluding hydrogens is 431 g/mol. The molecule has 0 bridgehead atoms. The number of anilines is 3. The van der Waals surface area contributed by atoms with E-state index < -0.39 is 0 Å². The van der Waals surface area contributed by atoms with Crippen LogP contribution in [-0.2, 0) is 0 Å². The normalized spacial score (nSPS) is 11.0. The summed E-state index contributed by atoms with van der Waals surface area (Å²) in [5.41, 5.74) is 6.59. The summed E-state index contributed by atoms with van der Waals surface area (Å²) in [7, 11) is 0.695. The molecule has 167 valence electrons. The van der Waals surface area contributed by atoms with E-state index in [-0.39, 0.29) is 0 Å². The van der Waals surface area contributed by atoms with Gasteiger partial charge in [0.05, 0.1) is 11.0 Å². The van der Waals surface area contributed by atoms with Crippen molar-refractivity contribution in [3.63, 3.8) is 0 Å². The first-order valence-corrected chi connectivity index (χ1v) is 11.5. The fourth-order valence-electron chi connectivity index (χ4n) is 4.71. The lowest BCUT2D eigenvalue weighted by Gasteiger charge is -2.26. The fourth-order valence-corrected chi connectivity index (χ4v) is 4.71. The van der Waals surface area contributed by atoms with Gasteiger partial charge in [-0.2, -0.15) is 0 Å². The van der Waals surface area contributed by atoms with E-state index in [1.807, 2.05) is 48.5 Å². The van der Waals surface area contributed by atoms with Gasteiger partial charge < -0.3 is 19.1 Å². The lowest BCUT2D eigenvalue weighted by atomic mass is 10.1. The number of para-hydroxylation sites is 3. The van der Waals surface area contributed by atoms with E-state index >= 15 is 0 Å². The van der Waals surface area contributed by atoms with Crippen LogP contribution >= 0.6 is 0 Å². The summed E-state index contributed by atoms with van der Waals surface area (Å²) in [4.78, 5) is 2.22. The minimum Gasteiger partial charge on any atom is -0.537 e. The Hall–Kier alpha value is -4.48. The second-order valence-corrected chi connectivity index (χ2v) is 8.28. The molecule has 0 saturated heterocycles. The van der Waals surface area contributed by atoms with Crippen molar-refractivity contribution in [1.82, 2.24) is 4.57 Å². The third kappa shape index (κ3) is 3.82. The fraction of sp³-hybridized carbons (Fsp3) is 0. The summed E-state index contributed by atoms with van der Waals surface area (Å²) >= 11 is 0. The zero-order valence-electron chi connectivity index (χ0n) is 19.0. The summed E-state index contributed by atoms with van der Waals surface area (Å²) in [6.07, 6.45) is 0. The van der Waals surface area contributed by atoms with Crippen LogP contribution in [0.4, 0.5) is 17.1 Å². The van der Waals surface area contributed by atoms with Crippen molar-refractivity contribution in [3.8, 4) is 11.4 Å². The number of hydrogen-bond acceptors (Lipinski definition) is 3. The molecule has 0 aliphatic rings. The van der Waals surface area contributed by atoms with E-state index in [0.29, 0.717) is 13.4 Å². The minimum atomic E-state index is 0.575. The second kappa shape index (κ2) is 9.05. The summed E-state index contributed by atoms with van der Waals surface area (Å²) in [6, 6.07) is 43.6. The molecular formula is C30H22BN2O2. The zero-order valence-corrected chi connectivity index (χ0v) is 19.0. The number of fused-ring (bicyclic) bond motifs is 3. The Morgan fingerprint density at radius 1 is 0.571 bits per heavy atom. The minimum absolute atomic E-state index is 0.575. The van der Waals surface area contributed by atoms with Crippen molar-refractivity contribution < 1.29 is 9.68 Å². The van der Waals surface area contributed by atoms with Crippen molar-refractivity contribution >= 4 is 46.6 Å².